The first-order valence-corrected chi connectivity index (χ1v) is 7.86. The van der Waals surface area contributed by atoms with Gasteiger partial charge in [-0.05, 0) is 53.8 Å². The van der Waals surface area contributed by atoms with Gasteiger partial charge in [-0.3, -0.25) is 4.79 Å². The first-order valence-electron chi connectivity index (χ1n) is 6.78. The highest BCUT2D eigenvalue weighted by molar-refractivity contribution is 14.1. The number of nitriles is 1. The zero-order valence-electron chi connectivity index (χ0n) is 12.2. The van der Waals surface area contributed by atoms with E-state index < -0.39 is 18.0 Å². The van der Waals surface area contributed by atoms with Gasteiger partial charge in [0.05, 0.1) is 16.8 Å². The van der Waals surface area contributed by atoms with Gasteiger partial charge in [0.15, 0.2) is 6.10 Å². The van der Waals surface area contributed by atoms with Crippen LogP contribution in [0.4, 0.5) is 5.69 Å². The number of carbonyl (C=O) groups excluding carboxylic acids is 2. The zero-order valence-corrected chi connectivity index (χ0v) is 14.4. The number of carbonyl (C=O) groups is 2. The number of para-hydroxylation sites is 1. The summed E-state index contributed by atoms with van der Waals surface area (Å²) >= 11 is 2.03. The van der Waals surface area contributed by atoms with E-state index in [-0.39, 0.29) is 0 Å². The second-order valence-electron chi connectivity index (χ2n) is 4.67. The summed E-state index contributed by atoms with van der Waals surface area (Å²) < 4.78 is 5.93. The Balaban J connectivity index is 2.05. The fraction of sp³-hybridized carbons (Fsp3) is 0.118. The van der Waals surface area contributed by atoms with Gasteiger partial charge in [-0.1, -0.05) is 24.3 Å². The SMILES string of the molecule is C[C@H](OC(=O)c1ccccc1I)C(=O)Nc1ccccc1C#N. The molecule has 116 valence electrons. The van der Waals surface area contributed by atoms with Gasteiger partial charge in [0.25, 0.3) is 5.91 Å². The third-order valence-electron chi connectivity index (χ3n) is 3.05. The highest BCUT2D eigenvalue weighted by Gasteiger charge is 2.20. The summed E-state index contributed by atoms with van der Waals surface area (Å²) in [5, 5.41) is 11.6. The Hall–Kier alpha value is -2.40. The van der Waals surface area contributed by atoms with Gasteiger partial charge in [0.1, 0.15) is 6.07 Å². The Morgan fingerprint density at radius 3 is 2.52 bits per heavy atom. The van der Waals surface area contributed by atoms with Crippen molar-refractivity contribution in [1.82, 2.24) is 0 Å². The van der Waals surface area contributed by atoms with Crippen LogP contribution < -0.4 is 5.32 Å². The number of hydrogen-bond donors (Lipinski definition) is 1. The van der Waals surface area contributed by atoms with Gasteiger partial charge in [0.2, 0.25) is 0 Å². The van der Waals surface area contributed by atoms with Crippen LogP contribution in [-0.4, -0.2) is 18.0 Å². The molecule has 0 heterocycles. The number of nitrogens with zero attached hydrogens (tertiary/aromatic N) is 1. The summed E-state index contributed by atoms with van der Waals surface area (Å²) in [4.78, 5) is 24.2. The summed E-state index contributed by atoms with van der Waals surface area (Å²) in [7, 11) is 0. The number of ether oxygens (including phenoxy) is 1. The van der Waals surface area contributed by atoms with E-state index in [2.05, 4.69) is 5.32 Å². The largest absolute Gasteiger partial charge is 0.449 e. The lowest BCUT2D eigenvalue weighted by atomic mass is 10.2. The second-order valence-corrected chi connectivity index (χ2v) is 5.84. The van der Waals surface area contributed by atoms with Crippen molar-refractivity contribution >= 4 is 40.2 Å². The fourth-order valence-corrected chi connectivity index (χ4v) is 2.44. The molecule has 0 aliphatic heterocycles. The third-order valence-corrected chi connectivity index (χ3v) is 3.99. The van der Waals surface area contributed by atoms with Crippen molar-refractivity contribution < 1.29 is 14.3 Å². The Bertz CT molecular complexity index is 783. The lowest BCUT2D eigenvalue weighted by Gasteiger charge is -2.14. The van der Waals surface area contributed by atoms with Gasteiger partial charge in [-0.25, -0.2) is 4.79 Å². The molecule has 0 radical (unpaired) electrons. The van der Waals surface area contributed by atoms with E-state index in [1.807, 2.05) is 34.7 Å². The first kappa shape index (κ1) is 17.0. The average molecular weight is 420 g/mol. The van der Waals surface area contributed by atoms with E-state index in [1.54, 1.807) is 42.5 Å². The van der Waals surface area contributed by atoms with Crippen molar-refractivity contribution in [3.05, 3.63) is 63.2 Å². The van der Waals surface area contributed by atoms with Crippen molar-refractivity contribution in [3.63, 3.8) is 0 Å². The minimum Gasteiger partial charge on any atom is -0.449 e. The molecule has 23 heavy (non-hydrogen) atoms. The van der Waals surface area contributed by atoms with Crippen LogP contribution in [0.1, 0.15) is 22.8 Å². The Morgan fingerprint density at radius 2 is 1.83 bits per heavy atom. The number of hydrogen-bond acceptors (Lipinski definition) is 4. The summed E-state index contributed by atoms with van der Waals surface area (Å²) in [5.41, 5.74) is 1.14. The average Bonchev–Trinajstić information content (AvgIpc) is 2.55. The van der Waals surface area contributed by atoms with Crippen molar-refractivity contribution in [2.24, 2.45) is 0 Å². The first-order chi connectivity index (χ1) is 11.0. The smallest absolute Gasteiger partial charge is 0.339 e. The second kappa shape index (κ2) is 7.74. The van der Waals surface area contributed by atoms with Gasteiger partial charge >= 0.3 is 5.97 Å². The van der Waals surface area contributed by atoms with Crippen molar-refractivity contribution in [3.8, 4) is 6.07 Å². The predicted molar refractivity (Wildman–Crippen MR) is 93.8 cm³/mol. The molecule has 2 aromatic rings. The molecule has 2 aromatic carbocycles. The molecular formula is C17H13IN2O3. The number of nitrogens with one attached hydrogen (secondary N) is 1. The zero-order chi connectivity index (χ0) is 16.8. The molecule has 0 saturated heterocycles. The number of amides is 1. The van der Waals surface area contributed by atoms with E-state index >= 15 is 0 Å². The molecule has 0 bridgehead atoms. The lowest BCUT2D eigenvalue weighted by Crippen LogP contribution is -2.30. The highest BCUT2D eigenvalue weighted by atomic mass is 127. The molecule has 0 spiro atoms. The summed E-state index contributed by atoms with van der Waals surface area (Å²) in [5.74, 6) is -1.06. The number of anilines is 1. The molecule has 0 fully saturated rings. The van der Waals surface area contributed by atoms with Crippen LogP contribution in [0, 0.1) is 14.9 Å². The number of benzene rings is 2. The van der Waals surface area contributed by atoms with Crippen LogP contribution in [0.3, 0.4) is 0 Å². The highest BCUT2D eigenvalue weighted by Crippen LogP contribution is 2.16. The van der Waals surface area contributed by atoms with E-state index in [0.717, 1.165) is 3.57 Å². The van der Waals surface area contributed by atoms with Crippen LogP contribution in [0.5, 0.6) is 0 Å². The molecule has 1 atom stereocenters. The van der Waals surface area contributed by atoms with E-state index in [1.165, 1.54) is 6.92 Å². The molecular weight excluding hydrogens is 407 g/mol. The Kier molecular flexibility index (Phi) is 5.71. The van der Waals surface area contributed by atoms with E-state index in [0.29, 0.717) is 16.8 Å². The van der Waals surface area contributed by atoms with Gasteiger partial charge < -0.3 is 10.1 Å². The lowest BCUT2D eigenvalue weighted by molar-refractivity contribution is -0.123. The van der Waals surface area contributed by atoms with Gasteiger partial charge in [-0.15, -0.1) is 0 Å². The predicted octanol–water partition coefficient (Wildman–Crippen LogP) is 3.35. The minimum absolute atomic E-state index is 0.344. The maximum absolute atomic E-state index is 12.1. The summed E-state index contributed by atoms with van der Waals surface area (Å²) in [6.07, 6.45) is -0.981. The van der Waals surface area contributed by atoms with Crippen LogP contribution in [0.2, 0.25) is 0 Å². The van der Waals surface area contributed by atoms with Crippen molar-refractivity contribution in [1.29, 1.82) is 5.26 Å². The van der Waals surface area contributed by atoms with Crippen LogP contribution in [0.15, 0.2) is 48.5 Å². The van der Waals surface area contributed by atoms with Gasteiger partial charge in [0, 0.05) is 3.57 Å². The monoisotopic (exact) mass is 420 g/mol. The fourth-order valence-electron chi connectivity index (χ4n) is 1.83. The molecule has 0 aliphatic rings. The third kappa shape index (κ3) is 4.29. The van der Waals surface area contributed by atoms with Crippen LogP contribution in [0.25, 0.3) is 0 Å². The van der Waals surface area contributed by atoms with Crippen molar-refractivity contribution in [2.75, 3.05) is 5.32 Å². The molecule has 2 rings (SSSR count). The normalized spacial score (nSPS) is 11.2. The van der Waals surface area contributed by atoms with Crippen molar-refractivity contribution in [2.45, 2.75) is 13.0 Å². The number of halogens is 1. The Morgan fingerprint density at radius 1 is 1.17 bits per heavy atom. The molecule has 0 saturated carbocycles. The quantitative estimate of drug-likeness (QED) is 0.608. The minimum atomic E-state index is -0.981. The maximum atomic E-state index is 12.1. The topological polar surface area (TPSA) is 79.2 Å². The van der Waals surface area contributed by atoms with Gasteiger partial charge in [-0.2, -0.15) is 5.26 Å². The van der Waals surface area contributed by atoms with Crippen LogP contribution >= 0.6 is 22.6 Å². The molecule has 1 N–H and O–H groups in total. The molecule has 0 aromatic heterocycles. The van der Waals surface area contributed by atoms with E-state index in [9.17, 15) is 9.59 Å². The molecule has 6 heteroatoms. The molecule has 0 aliphatic carbocycles. The number of esters is 1. The molecule has 1 amide bonds. The van der Waals surface area contributed by atoms with Crippen LogP contribution in [-0.2, 0) is 9.53 Å². The number of rotatable bonds is 4. The summed E-state index contributed by atoms with van der Waals surface area (Å²) in [6.45, 7) is 1.48. The standard InChI is InChI=1S/C17H13IN2O3/c1-11(23-17(22)13-7-3-4-8-14(13)18)16(21)20-15-9-5-2-6-12(15)10-19/h2-9,11H,1H3,(H,20,21)/t11-/m0/s1. The summed E-state index contributed by atoms with van der Waals surface area (Å²) in [6, 6.07) is 15.6. The molecule has 0 unspecified atom stereocenters. The van der Waals surface area contributed by atoms with E-state index in [4.69, 9.17) is 10.00 Å². The molecule has 5 nitrogen and oxygen atoms in total. The Labute approximate surface area is 147 Å². The maximum Gasteiger partial charge on any atom is 0.339 e.